The summed E-state index contributed by atoms with van der Waals surface area (Å²) in [5.41, 5.74) is 5.27. The maximum absolute atomic E-state index is 12.0. The standard InChI is InChI=1S/C26H26N4OS/c31-25(28-19-20-11-4-1-5-12-20)27-17-10-18-32-26-29-23(21-13-6-2-7-14-21)24(30-26)22-15-8-3-9-16-22/h1-9,11-16H,10,17-19H2,(H,29,30)(H2,27,28,31). The molecule has 4 aromatic rings. The monoisotopic (exact) mass is 442 g/mol. The van der Waals surface area contributed by atoms with Crippen molar-refractivity contribution < 1.29 is 4.79 Å². The lowest BCUT2D eigenvalue weighted by atomic mass is 10.1. The number of hydrogen-bond acceptors (Lipinski definition) is 3. The first-order chi connectivity index (χ1) is 15.8. The van der Waals surface area contributed by atoms with Gasteiger partial charge in [-0.2, -0.15) is 0 Å². The van der Waals surface area contributed by atoms with Crippen molar-refractivity contribution in [1.82, 2.24) is 20.6 Å². The zero-order valence-corrected chi connectivity index (χ0v) is 18.6. The first-order valence-electron chi connectivity index (χ1n) is 10.7. The number of nitrogens with zero attached hydrogens (tertiary/aromatic N) is 1. The third-order valence-corrected chi connectivity index (χ3v) is 5.89. The van der Waals surface area contributed by atoms with Crippen LogP contribution < -0.4 is 10.6 Å². The Morgan fingerprint density at radius 1 is 0.812 bits per heavy atom. The fourth-order valence-electron chi connectivity index (χ4n) is 3.32. The Hall–Kier alpha value is -3.51. The van der Waals surface area contributed by atoms with Crippen molar-refractivity contribution in [2.75, 3.05) is 12.3 Å². The highest BCUT2D eigenvalue weighted by atomic mass is 32.2. The molecule has 6 heteroatoms. The van der Waals surface area contributed by atoms with Crippen molar-refractivity contribution >= 4 is 17.8 Å². The second-order valence-corrected chi connectivity index (χ2v) is 8.38. The number of imidazole rings is 1. The van der Waals surface area contributed by atoms with Gasteiger partial charge in [0, 0.05) is 30.0 Å². The molecule has 0 saturated carbocycles. The van der Waals surface area contributed by atoms with E-state index < -0.39 is 0 Å². The molecule has 0 radical (unpaired) electrons. The van der Waals surface area contributed by atoms with Gasteiger partial charge in [0.15, 0.2) is 5.16 Å². The summed E-state index contributed by atoms with van der Waals surface area (Å²) in [5.74, 6) is 0.856. The molecule has 0 aliphatic rings. The second kappa shape index (κ2) is 11.2. The number of nitrogens with one attached hydrogen (secondary N) is 3. The number of benzene rings is 3. The second-order valence-electron chi connectivity index (χ2n) is 7.29. The Morgan fingerprint density at radius 2 is 1.44 bits per heavy atom. The number of carbonyl (C=O) groups excluding carboxylic acids is 1. The third kappa shape index (κ3) is 6.02. The Bertz CT molecular complexity index is 1060. The molecule has 0 saturated heterocycles. The summed E-state index contributed by atoms with van der Waals surface area (Å²) in [7, 11) is 0. The lowest BCUT2D eigenvalue weighted by molar-refractivity contribution is 0.240. The van der Waals surface area contributed by atoms with E-state index in [1.807, 2.05) is 66.7 Å². The largest absolute Gasteiger partial charge is 0.338 e. The van der Waals surface area contributed by atoms with Crippen LogP contribution in [0.25, 0.3) is 22.5 Å². The fourth-order valence-corrected chi connectivity index (χ4v) is 4.13. The summed E-state index contributed by atoms with van der Waals surface area (Å²) in [6.07, 6.45) is 0.853. The Labute approximate surface area is 192 Å². The Morgan fingerprint density at radius 3 is 2.12 bits per heavy atom. The molecule has 0 atom stereocenters. The highest BCUT2D eigenvalue weighted by Crippen LogP contribution is 2.32. The van der Waals surface area contributed by atoms with Gasteiger partial charge in [-0.25, -0.2) is 9.78 Å². The predicted octanol–water partition coefficient (Wildman–Crippen LogP) is 5.73. The van der Waals surface area contributed by atoms with Crippen molar-refractivity contribution in [3.05, 3.63) is 96.6 Å². The summed E-state index contributed by atoms with van der Waals surface area (Å²) in [6, 6.07) is 30.2. The topological polar surface area (TPSA) is 69.8 Å². The number of H-pyrrole nitrogens is 1. The number of rotatable bonds is 9. The predicted molar refractivity (Wildman–Crippen MR) is 131 cm³/mol. The number of carbonyl (C=O) groups is 1. The molecule has 32 heavy (non-hydrogen) atoms. The van der Waals surface area contributed by atoms with E-state index in [9.17, 15) is 4.79 Å². The highest BCUT2D eigenvalue weighted by Gasteiger charge is 2.14. The van der Waals surface area contributed by atoms with Gasteiger partial charge in [-0.15, -0.1) is 0 Å². The third-order valence-electron chi connectivity index (χ3n) is 4.93. The van der Waals surface area contributed by atoms with Gasteiger partial charge in [0.1, 0.15) is 0 Å². The van der Waals surface area contributed by atoms with Gasteiger partial charge >= 0.3 is 6.03 Å². The first kappa shape index (κ1) is 21.7. The van der Waals surface area contributed by atoms with Gasteiger partial charge in [0.2, 0.25) is 0 Å². The zero-order chi connectivity index (χ0) is 22.0. The van der Waals surface area contributed by atoms with Crippen LogP contribution in [0.4, 0.5) is 4.79 Å². The molecule has 0 unspecified atom stereocenters. The molecule has 1 aromatic heterocycles. The molecule has 0 aliphatic heterocycles. The van der Waals surface area contributed by atoms with E-state index in [1.54, 1.807) is 11.8 Å². The molecule has 0 bridgehead atoms. The van der Waals surface area contributed by atoms with Gasteiger partial charge in [0.05, 0.1) is 11.4 Å². The van der Waals surface area contributed by atoms with Gasteiger partial charge < -0.3 is 15.6 Å². The minimum absolute atomic E-state index is 0.144. The van der Waals surface area contributed by atoms with Gasteiger partial charge in [-0.3, -0.25) is 0 Å². The molecule has 0 aliphatic carbocycles. The van der Waals surface area contributed by atoms with Crippen LogP contribution in [-0.4, -0.2) is 28.3 Å². The SMILES string of the molecule is O=C(NCCCSc1nc(-c2ccccc2)c(-c2ccccc2)[nH]1)NCc1ccccc1. The molecule has 4 rings (SSSR count). The molecule has 2 amide bonds. The number of amides is 2. The van der Waals surface area contributed by atoms with Crippen molar-refractivity contribution in [3.8, 4) is 22.5 Å². The molecule has 0 spiro atoms. The van der Waals surface area contributed by atoms with E-state index in [1.165, 1.54) is 0 Å². The number of hydrogen-bond donors (Lipinski definition) is 3. The van der Waals surface area contributed by atoms with Crippen LogP contribution in [0.2, 0.25) is 0 Å². The van der Waals surface area contributed by atoms with Crippen LogP contribution in [0.1, 0.15) is 12.0 Å². The summed E-state index contributed by atoms with van der Waals surface area (Å²) >= 11 is 1.67. The summed E-state index contributed by atoms with van der Waals surface area (Å²) in [6.45, 7) is 1.14. The lowest BCUT2D eigenvalue weighted by Crippen LogP contribution is -2.35. The van der Waals surface area contributed by atoms with Crippen molar-refractivity contribution in [1.29, 1.82) is 0 Å². The number of urea groups is 1. The Kier molecular flexibility index (Phi) is 7.60. The minimum Gasteiger partial charge on any atom is -0.338 e. The number of thioether (sulfide) groups is 1. The number of aromatic nitrogens is 2. The fraction of sp³-hybridized carbons (Fsp3) is 0.154. The Balaban J connectivity index is 1.29. The lowest BCUT2D eigenvalue weighted by Gasteiger charge is -2.07. The quantitative estimate of drug-likeness (QED) is 0.229. The van der Waals surface area contributed by atoms with E-state index in [4.69, 9.17) is 4.98 Å². The normalized spacial score (nSPS) is 10.6. The van der Waals surface area contributed by atoms with Crippen LogP contribution in [-0.2, 0) is 6.54 Å². The summed E-state index contributed by atoms with van der Waals surface area (Å²) in [5, 5.41) is 6.68. The maximum Gasteiger partial charge on any atom is 0.315 e. The van der Waals surface area contributed by atoms with Crippen LogP contribution >= 0.6 is 11.8 Å². The maximum atomic E-state index is 12.0. The molecule has 3 aromatic carbocycles. The highest BCUT2D eigenvalue weighted by molar-refractivity contribution is 7.99. The van der Waals surface area contributed by atoms with Crippen LogP contribution in [0.15, 0.2) is 96.2 Å². The van der Waals surface area contributed by atoms with Crippen molar-refractivity contribution in [3.63, 3.8) is 0 Å². The van der Waals surface area contributed by atoms with E-state index in [0.29, 0.717) is 13.1 Å². The zero-order valence-electron chi connectivity index (χ0n) is 17.8. The molecular formula is C26H26N4OS. The molecule has 3 N–H and O–H groups in total. The van der Waals surface area contributed by atoms with Crippen molar-refractivity contribution in [2.24, 2.45) is 0 Å². The first-order valence-corrected chi connectivity index (χ1v) is 11.7. The minimum atomic E-state index is -0.144. The van der Waals surface area contributed by atoms with Gasteiger partial charge in [0.25, 0.3) is 0 Å². The van der Waals surface area contributed by atoms with E-state index >= 15 is 0 Å². The average molecular weight is 443 g/mol. The summed E-state index contributed by atoms with van der Waals surface area (Å²) < 4.78 is 0. The van der Waals surface area contributed by atoms with Crippen LogP contribution in [0.3, 0.4) is 0 Å². The average Bonchev–Trinajstić information content (AvgIpc) is 3.28. The molecule has 0 fully saturated rings. The van der Waals surface area contributed by atoms with Crippen LogP contribution in [0.5, 0.6) is 0 Å². The smallest absolute Gasteiger partial charge is 0.315 e. The molecule has 1 heterocycles. The van der Waals surface area contributed by atoms with E-state index in [-0.39, 0.29) is 6.03 Å². The van der Waals surface area contributed by atoms with E-state index in [2.05, 4.69) is 39.9 Å². The van der Waals surface area contributed by atoms with Gasteiger partial charge in [-0.1, -0.05) is 103 Å². The summed E-state index contributed by atoms with van der Waals surface area (Å²) in [4.78, 5) is 20.3. The van der Waals surface area contributed by atoms with Gasteiger partial charge in [-0.05, 0) is 12.0 Å². The van der Waals surface area contributed by atoms with Crippen molar-refractivity contribution in [2.45, 2.75) is 18.1 Å². The molecule has 5 nitrogen and oxygen atoms in total. The van der Waals surface area contributed by atoms with E-state index in [0.717, 1.165) is 45.4 Å². The number of aromatic amines is 1. The molecule has 162 valence electrons. The molecular weight excluding hydrogens is 416 g/mol. The van der Waals surface area contributed by atoms with Crippen LogP contribution in [0, 0.1) is 0 Å².